The van der Waals surface area contributed by atoms with Crippen molar-refractivity contribution in [1.29, 1.82) is 0 Å². The Labute approximate surface area is 109 Å². The van der Waals surface area contributed by atoms with Gasteiger partial charge in [0.1, 0.15) is 0 Å². The van der Waals surface area contributed by atoms with E-state index in [1.54, 1.807) is 0 Å². The van der Waals surface area contributed by atoms with Crippen molar-refractivity contribution in [2.45, 2.75) is 57.5 Å². The van der Waals surface area contributed by atoms with Crippen LogP contribution in [-0.4, -0.2) is 15.7 Å². The number of hydrogen-bond acceptors (Lipinski definition) is 2. The lowest BCUT2D eigenvalue weighted by molar-refractivity contribution is -0.0786. The highest BCUT2D eigenvalue weighted by Crippen LogP contribution is 2.49. The van der Waals surface area contributed by atoms with Crippen LogP contribution < -0.4 is 0 Å². The van der Waals surface area contributed by atoms with Crippen molar-refractivity contribution in [2.75, 3.05) is 0 Å². The molecule has 1 N–H and O–H groups in total. The number of rotatable bonds is 1. The molecule has 0 aromatic carbocycles. The van der Waals surface area contributed by atoms with Crippen molar-refractivity contribution in [3.8, 4) is 0 Å². The molecule has 1 saturated carbocycles. The van der Waals surface area contributed by atoms with Gasteiger partial charge in [-0.25, -0.2) is 0 Å². The Balaban J connectivity index is 1.95. The van der Waals surface area contributed by atoms with Crippen LogP contribution in [0, 0.1) is 11.8 Å². The highest BCUT2D eigenvalue weighted by molar-refractivity contribution is 5.31. The fourth-order valence-corrected chi connectivity index (χ4v) is 4.03. The zero-order chi connectivity index (χ0) is 12.8. The second kappa shape index (κ2) is 4.34. The molecule has 1 aromatic rings. The van der Waals surface area contributed by atoms with E-state index in [1.165, 1.54) is 17.7 Å². The third-order valence-corrected chi connectivity index (χ3v) is 5.18. The van der Waals surface area contributed by atoms with Crippen molar-refractivity contribution in [2.24, 2.45) is 11.8 Å². The summed E-state index contributed by atoms with van der Waals surface area (Å²) in [7, 11) is 0. The summed E-state index contributed by atoms with van der Waals surface area (Å²) in [5, 5.41) is 11.2. The summed E-state index contributed by atoms with van der Waals surface area (Å²) in [4.78, 5) is 4.56. The second-order valence-corrected chi connectivity index (χ2v) is 6.42. The van der Waals surface area contributed by atoms with Gasteiger partial charge in [-0.1, -0.05) is 26.3 Å². The summed E-state index contributed by atoms with van der Waals surface area (Å²) in [6.45, 7) is 4.48. The number of nitrogens with zero attached hydrogens (tertiary/aromatic N) is 1. The predicted molar refractivity (Wildman–Crippen MR) is 72.4 cm³/mol. The Morgan fingerprint density at radius 2 is 2.11 bits per heavy atom. The van der Waals surface area contributed by atoms with E-state index >= 15 is 0 Å². The molecule has 18 heavy (non-hydrogen) atoms. The van der Waals surface area contributed by atoms with Crippen molar-refractivity contribution in [3.05, 3.63) is 29.6 Å². The minimum atomic E-state index is -0.530. The molecule has 0 saturated heterocycles. The molecule has 4 unspecified atom stereocenters. The lowest BCUT2D eigenvalue weighted by atomic mass is 9.65. The molecule has 2 aliphatic rings. The van der Waals surface area contributed by atoms with Gasteiger partial charge in [-0.2, -0.15) is 0 Å². The van der Waals surface area contributed by atoms with Gasteiger partial charge in [0.25, 0.3) is 0 Å². The first-order valence-electron chi connectivity index (χ1n) is 7.27. The van der Waals surface area contributed by atoms with Gasteiger partial charge in [-0.3, -0.25) is 4.98 Å². The van der Waals surface area contributed by atoms with E-state index in [2.05, 4.69) is 24.9 Å². The predicted octanol–water partition coefficient (Wildman–Crippen LogP) is 3.30. The van der Waals surface area contributed by atoms with E-state index in [9.17, 15) is 5.11 Å². The quantitative estimate of drug-likeness (QED) is 0.823. The van der Waals surface area contributed by atoms with E-state index in [0.29, 0.717) is 11.8 Å². The van der Waals surface area contributed by atoms with Crippen LogP contribution in [-0.2, 0) is 6.42 Å². The number of aromatic nitrogens is 1. The van der Waals surface area contributed by atoms with Gasteiger partial charge >= 0.3 is 0 Å². The van der Waals surface area contributed by atoms with Crippen LogP contribution in [0.3, 0.4) is 0 Å². The van der Waals surface area contributed by atoms with Crippen LogP contribution in [0.5, 0.6) is 0 Å². The van der Waals surface area contributed by atoms with Gasteiger partial charge in [0.15, 0.2) is 0 Å². The molecule has 3 rings (SSSR count). The summed E-state index contributed by atoms with van der Waals surface area (Å²) in [5.74, 6) is 1.29. The molecule has 0 radical (unpaired) electrons. The Morgan fingerprint density at radius 3 is 2.94 bits per heavy atom. The summed E-state index contributed by atoms with van der Waals surface area (Å²) >= 11 is 0. The molecule has 2 heteroatoms. The molecule has 1 aromatic heterocycles. The largest absolute Gasteiger partial charge is 0.389 e. The number of pyridine rings is 1. The molecule has 2 nitrogen and oxygen atoms in total. The third kappa shape index (κ3) is 1.78. The fourth-order valence-electron chi connectivity index (χ4n) is 4.03. The zero-order valence-electron chi connectivity index (χ0n) is 11.4. The standard InChI is InChI=1S/C16H23NO/c1-11-5-6-12(2)16(18,10-11)14-8-7-13-4-3-9-17-15(13)14/h3-4,9,11-12,14,18H,5-8,10H2,1-2H3. The molecular weight excluding hydrogens is 222 g/mol. The monoisotopic (exact) mass is 245 g/mol. The molecule has 0 spiro atoms. The Kier molecular flexibility index (Phi) is 2.93. The van der Waals surface area contributed by atoms with Crippen molar-refractivity contribution in [1.82, 2.24) is 4.98 Å². The highest BCUT2D eigenvalue weighted by Gasteiger charge is 2.48. The molecule has 0 aliphatic heterocycles. The Morgan fingerprint density at radius 1 is 1.28 bits per heavy atom. The van der Waals surface area contributed by atoms with Crippen LogP contribution >= 0.6 is 0 Å². The van der Waals surface area contributed by atoms with Gasteiger partial charge < -0.3 is 5.11 Å². The van der Waals surface area contributed by atoms with Crippen LogP contribution in [0.25, 0.3) is 0 Å². The molecule has 1 fully saturated rings. The Hall–Kier alpha value is -0.890. The van der Waals surface area contributed by atoms with Gasteiger partial charge in [0, 0.05) is 17.8 Å². The highest BCUT2D eigenvalue weighted by atomic mass is 16.3. The molecule has 2 aliphatic carbocycles. The molecular formula is C16H23NO. The van der Waals surface area contributed by atoms with Crippen LogP contribution in [0.2, 0.25) is 0 Å². The lowest BCUT2D eigenvalue weighted by Crippen LogP contribution is -2.46. The molecule has 1 heterocycles. The third-order valence-electron chi connectivity index (χ3n) is 5.18. The molecule has 98 valence electrons. The SMILES string of the molecule is CC1CCC(C)C(O)(C2CCc3cccnc32)C1. The first-order valence-corrected chi connectivity index (χ1v) is 7.27. The summed E-state index contributed by atoms with van der Waals surface area (Å²) < 4.78 is 0. The summed E-state index contributed by atoms with van der Waals surface area (Å²) in [6, 6.07) is 4.18. The van der Waals surface area contributed by atoms with Crippen LogP contribution in [0.1, 0.15) is 56.7 Å². The summed E-state index contributed by atoms with van der Waals surface area (Å²) in [6.07, 6.45) is 7.37. The number of hydrogen-bond donors (Lipinski definition) is 1. The van der Waals surface area contributed by atoms with Gasteiger partial charge in [-0.15, -0.1) is 0 Å². The van der Waals surface area contributed by atoms with E-state index in [1.807, 2.05) is 12.3 Å². The van der Waals surface area contributed by atoms with Crippen LogP contribution in [0.15, 0.2) is 18.3 Å². The molecule has 0 bridgehead atoms. The van der Waals surface area contributed by atoms with E-state index in [0.717, 1.165) is 25.7 Å². The Bertz CT molecular complexity index is 444. The number of aliphatic hydroxyl groups is 1. The van der Waals surface area contributed by atoms with E-state index < -0.39 is 5.60 Å². The van der Waals surface area contributed by atoms with Gasteiger partial charge in [0.05, 0.1) is 5.60 Å². The normalized spacial score (nSPS) is 39.6. The van der Waals surface area contributed by atoms with E-state index in [4.69, 9.17) is 0 Å². The van der Waals surface area contributed by atoms with Gasteiger partial charge in [0.2, 0.25) is 0 Å². The number of aryl methyl sites for hydroxylation is 1. The smallest absolute Gasteiger partial charge is 0.0759 e. The number of fused-ring (bicyclic) bond motifs is 1. The minimum Gasteiger partial charge on any atom is -0.389 e. The van der Waals surface area contributed by atoms with Crippen molar-refractivity contribution in [3.63, 3.8) is 0 Å². The molecule has 4 atom stereocenters. The first-order chi connectivity index (χ1) is 8.61. The summed E-state index contributed by atoms with van der Waals surface area (Å²) in [5.41, 5.74) is 1.99. The van der Waals surface area contributed by atoms with E-state index in [-0.39, 0.29) is 5.92 Å². The lowest BCUT2D eigenvalue weighted by Gasteiger charge is -2.45. The maximum absolute atomic E-state index is 11.2. The van der Waals surface area contributed by atoms with Crippen molar-refractivity contribution < 1.29 is 5.11 Å². The zero-order valence-corrected chi connectivity index (χ0v) is 11.4. The second-order valence-electron chi connectivity index (χ2n) is 6.42. The minimum absolute atomic E-state index is 0.256. The first kappa shape index (κ1) is 12.2. The molecule has 0 amide bonds. The topological polar surface area (TPSA) is 33.1 Å². The fraction of sp³-hybridized carbons (Fsp3) is 0.688. The van der Waals surface area contributed by atoms with Crippen LogP contribution in [0.4, 0.5) is 0 Å². The maximum atomic E-state index is 11.2. The average molecular weight is 245 g/mol. The van der Waals surface area contributed by atoms with Gasteiger partial charge in [-0.05, 0) is 49.1 Å². The maximum Gasteiger partial charge on any atom is 0.0759 e. The van der Waals surface area contributed by atoms with Crippen molar-refractivity contribution >= 4 is 0 Å². The average Bonchev–Trinajstić information content (AvgIpc) is 2.78.